The number of hydrogen-bond acceptors (Lipinski definition) is 4. The van der Waals surface area contributed by atoms with Gasteiger partial charge in [0, 0.05) is 25.7 Å². The fraction of sp³-hybridized carbons (Fsp3) is 0.389. The highest BCUT2D eigenvalue weighted by molar-refractivity contribution is 8.18. The fourth-order valence-electron chi connectivity index (χ4n) is 2.66. The Bertz CT molecular complexity index is 785. The normalized spacial score (nSPS) is 18.2. The summed E-state index contributed by atoms with van der Waals surface area (Å²) in [4.78, 5) is 32.5. The van der Waals surface area contributed by atoms with Crippen LogP contribution in [-0.4, -0.2) is 41.5 Å². The number of rotatable bonds is 5. The second-order valence-electron chi connectivity index (χ2n) is 6.24. The number of amidine groups is 1. The third-order valence-corrected chi connectivity index (χ3v) is 5.69. The van der Waals surface area contributed by atoms with Crippen molar-refractivity contribution in [3.8, 4) is 0 Å². The summed E-state index contributed by atoms with van der Waals surface area (Å²) >= 11 is 13.9. The van der Waals surface area contributed by atoms with Crippen LogP contribution in [-0.2, 0) is 9.59 Å². The number of nitrogens with zero attached hydrogens (tertiary/aromatic N) is 3. The van der Waals surface area contributed by atoms with Gasteiger partial charge in [0.25, 0.3) is 5.91 Å². The minimum atomic E-state index is -0.405. The number of anilines is 1. The van der Waals surface area contributed by atoms with Crippen LogP contribution in [0, 0.1) is 0 Å². The second kappa shape index (κ2) is 8.03. The van der Waals surface area contributed by atoms with Crippen molar-refractivity contribution >= 4 is 57.6 Å². The molecule has 1 aromatic carbocycles. The van der Waals surface area contributed by atoms with Gasteiger partial charge in [-0.15, -0.1) is 0 Å². The van der Waals surface area contributed by atoms with Gasteiger partial charge in [-0.25, -0.2) is 0 Å². The average Bonchev–Trinajstić information content (AvgIpc) is 3.35. The maximum absolute atomic E-state index is 12.3. The molecule has 3 rings (SSSR count). The maximum Gasteiger partial charge on any atom is 0.286 e. The summed E-state index contributed by atoms with van der Waals surface area (Å²) < 4.78 is 0. The molecule has 2 aliphatic rings. The second-order valence-corrected chi connectivity index (χ2v) is 8.06. The summed E-state index contributed by atoms with van der Waals surface area (Å²) in [6.45, 7) is 2.63. The highest BCUT2D eigenvalue weighted by atomic mass is 35.5. The van der Waals surface area contributed by atoms with Crippen LogP contribution in [0.4, 0.5) is 5.69 Å². The molecule has 1 saturated carbocycles. The molecule has 1 fully saturated rings. The first-order chi connectivity index (χ1) is 12.4. The molecule has 0 atom stereocenters. The zero-order chi connectivity index (χ0) is 18.8. The molecule has 2 amide bonds. The van der Waals surface area contributed by atoms with E-state index in [2.05, 4.69) is 4.99 Å². The van der Waals surface area contributed by atoms with Crippen LogP contribution in [0.2, 0.25) is 10.0 Å². The van der Waals surface area contributed by atoms with Gasteiger partial charge in [-0.05, 0) is 43.2 Å². The Balaban J connectivity index is 1.86. The first-order valence-electron chi connectivity index (χ1n) is 8.43. The van der Waals surface area contributed by atoms with Crippen LogP contribution in [0.15, 0.2) is 34.2 Å². The Labute approximate surface area is 167 Å². The number of likely N-dealkylation sites (N-methyl/N-ethyl adjacent to an activating group) is 1. The molecule has 0 radical (unpaired) electrons. The van der Waals surface area contributed by atoms with Gasteiger partial charge in [-0.2, -0.15) is 4.99 Å². The molecule has 1 aliphatic carbocycles. The fourth-order valence-corrected chi connectivity index (χ4v) is 4.19. The number of benzene rings is 1. The molecule has 0 saturated heterocycles. The van der Waals surface area contributed by atoms with Crippen molar-refractivity contribution in [1.82, 2.24) is 4.90 Å². The number of halogens is 2. The summed E-state index contributed by atoms with van der Waals surface area (Å²) in [5, 5.41) is 1.54. The lowest BCUT2D eigenvalue weighted by Crippen LogP contribution is -2.30. The van der Waals surface area contributed by atoms with Crippen molar-refractivity contribution in [1.29, 1.82) is 0 Å². The molecule has 138 valence electrons. The van der Waals surface area contributed by atoms with E-state index in [0.717, 1.165) is 19.3 Å². The van der Waals surface area contributed by atoms with Gasteiger partial charge in [-0.1, -0.05) is 36.2 Å². The molecule has 0 spiro atoms. The first-order valence-corrected chi connectivity index (χ1v) is 10.0. The predicted molar refractivity (Wildman–Crippen MR) is 108 cm³/mol. The Kier molecular flexibility index (Phi) is 5.95. The van der Waals surface area contributed by atoms with Crippen molar-refractivity contribution in [2.75, 3.05) is 18.5 Å². The van der Waals surface area contributed by atoms with Crippen LogP contribution >= 0.6 is 35.0 Å². The number of amides is 2. The molecule has 0 unspecified atom stereocenters. The number of thioether (sulfide) groups is 1. The maximum atomic E-state index is 12.3. The van der Waals surface area contributed by atoms with Gasteiger partial charge in [-0.3, -0.25) is 9.59 Å². The molecule has 0 bridgehead atoms. The van der Waals surface area contributed by atoms with Crippen molar-refractivity contribution < 1.29 is 9.59 Å². The molecule has 0 N–H and O–H groups in total. The molecule has 8 heteroatoms. The van der Waals surface area contributed by atoms with E-state index in [1.807, 2.05) is 11.8 Å². The van der Waals surface area contributed by atoms with Crippen LogP contribution in [0.5, 0.6) is 0 Å². The van der Waals surface area contributed by atoms with Gasteiger partial charge in [0.15, 0.2) is 5.17 Å². The smallest absolute Gasteiger partial charge is 0.286 e. The first kappa shape index (κ1) is 19.3. The summed E-state index contributed by atoms with van der Waals surface area (Å²) in [5.74, 6) is -0.607. The van der Waals surface area contributed by atoms with E-state index in [-0.39, 0.29) is 11.9 Å². The van der Waals surface area contributed by atoms with Crippen molar-refractivity contribution in [3.63, 3.8) is 0 Å². The van der Waals surface area contributed by atoms with E-state index in [1.54, 1.807) is 30.1 Å². The van der Waals surface area contributed by atoms with Crippen molar-refractivity contribution in [2.24, 2.45) is 4.99 Å². The van der Waals surface area contributed by atoms with Gasteiger partial charge in [0.1, 0.15) is 0 Å². The molecule has 1 aromatic rings. The number of hydrogen-bond donors (Lipinski definition) is 0. The summed E-state index contributed by atoms with van der Waals surface area (Å²) in [6, 6.07) is 5.52. The summed E-state index contributed by atoms with van der Waals surface area (Å²) in [5.41, 5.74) is 0.660. The summed E-state index contributed by atoms with van der Waals surface area (Å²) in [7, 11) is 1.72. The lowest BCUT2D eigenvalue weighted by atomic mass is 10.3. The molecule has 0 aromatic heterocycles. The highest BCUT2D eigenvalue weighted by Gasteiger charge is 2.38. The molecule has 5 nitrogen and oxygen atoms in total. The molecule has 26 heavy (non-hydrogen) atoms. The van der Waals surface area contributed by atoms with Crippen molar-refractivity contribution in [3.05, 3.63) is 39.2 Å². The largest absolute Gasteiger partial charge is 0.342 e. The Morgan fingerprint density at radius 2 is 2.00 bits per heavy atom. The number of para-hydroxylation sites is 1. The highest BCUT2D eigenvalue weighted by Crippen LogP contribution is 2.44. The SMILES string of the molecule is CCCN(C)C(=O)C=C1SC(N(c2c(Cl)cccc2Cl)C2CC2)=NC1=O. The van der Waals surface area contributed by atoms with Gasteiger partial charge in [0.05, 0.1) is 20.6 Å². The lowest BCUT2D eigenvalue weighted by molar-refractivity contribution is -0.125. The number of aliphatic imine (C=N–C) groups is 1. The predicted octanol–water partition coefficient (Wildman–Crippen LogP) is 4.34. The van der Waals surface area contributed by atoms with E-state index in [0.29, 0.717) is 32.4 Å². The number of carbonyl (C=O) groups is 2. The van der Waals surface area contributed by atoms with E-state index in [1.165, 1.54) is 17.8 Å². The third-order valence-electron chi connectivity index (χ3n) is 4.10. The van der Waals surface area contributed by atoms with E-state index in [9.17, 15) is 9.59 Å². The lowest BCUT2D eigenvalue weighted by Gasteiger charge is -2.25. The van der Waals surface area contributed by atoms with Crippen LogP contribution in [0.3, 0.4) is 0 Å². The quantitative estimate of drug-likeness (QED) is 0.675. The van der Waals surface area contributed by atoms with Crippen LogP contribution in [0.25, 0.3) is 0 Å². The Morgan fingerprint density at radius 3 is 2.58 bits per heavy atom. The van der Waals surface area contributed by atoms with Crippen molar-refractivity contribution in [2.45, 2.75) is 32.2 Å². The molecular weight excluding hydrogens is 393 g/mol. The minimum Gasteiger partial charge on any atom is -0.342 e. The molecule has 1 heterocycles. The van der Waals surface area contributed by atoms with Gasteiger partial charge >= 0.3 is 0 Å². The average molecular weight is 412 g/mol. The topological polar surface area (TPSA) is 53.0 Å². The van der Waals surface area contributed by atoms with Crippen LogP contribution in [0.1, 0.15) is 26.2 Å². The zero-order valence-electron chi connectivity index (χ0n) is 14.5. The van der Waals surface area contributed by atoms with Gasteiger partial charge < -0.3 is 9.80 Å². The summed E-state index contributed by atoms with van der Waals surface area (Å²) in [6.07, 6.45) is 4.17. The van der Waals surface area contributed by atoms with E-state index < -0.39 is 5.91 Å². The van der Waals surface area contributed by atoms with Crippen LogP contribution < -0.4 is 4.90 Å². The minimum absolute atomic E-state index is 0.201. The van der Waals surface area contributed by atoms with E-state index >= 15 is 0 Å². The van der Waals surface area contributed by atoms with Gasteiger partial charge in [0.2, 0.25) is 5.91 Å². The Morgan fingerprint density at radius 1 is 1.35 bits per heavy atom. The standard InChI is InChI=1S/C18H19Cl2N3O2S/c1-3-9-22(2)15(24)10-14-17(25)21-18(26-14)23(11-7-8-11)16-12(19)5-4-6-13(16)20/h4-6,10-11H,3,7-9H2,1-2H3. The number of carbonyl (C=O) groups excluding carboxylic acids is 2. The third kappa shape index (κ3) is 4.08. The molecule has 1 aliphatic heterocycles. The monoisotopic (exact) mass is 411 g/mol. The molecular formula is C18H19Cl2N3O2S. The van der Waals surface area contributed by atoms with E-state index in [4.69, 9.17) is 23.2 Å². The zero-order valence-corrected chi connectivity index (χ0v) is 16.9. The Hall–Kier alpha value is -1.50.